The lowest BCUT2D eigenvalue weighted by atomic mass is 9.98. The first-order valence-electron chi connectivity index (χ1n) is 15.5. The first kappa shape index (κ1) is 29.4. The number of H-pyrrole nitrogens is 1. The Morgan fingerprint density at radius 3 is 2.00 bits per heavy atom. The molecule has 2 heterocycles. The molecule has 7 heteroatoms. The molecule has 0 fully saturated rings. The first-order valence-corrected chi connectivity index (χ1v) is 15.5. The van der Waals surface area contributed by atoms with E-state index in [-0.39, 0.29) is 11.3 Å². The number of nitrogens with one attached hydrogen (secondary N) is 1. The molecule has 0 amide bonds. The van der Waals surface area contributed by atoms with Gasteiger partial charge in [-0.05, 0) is 109 Å². The van der Waals surface area contributed by atoms with Gasteiger partial charge < -0.3 is 14.9 Å². The summed E-state index contributed by atoms with van der Waals surface area (Å²) in [6, 6.07) is 44.6. The Morgan fingerprint density at radius 1 is 0.745 bits per heavy atom. The predicted octanol–water partition coefficient (Wildman–Crippen LogP) is 8.74. The van der Waals surface area contributed by atoms with E-state index < -0.39 is 11.5 Å². The van der Waals surface area contributed by atoms with Gasteiger partial charge in [0.15, 0.2) is 5.69 Å². The molecule has 1 aliphatic heterocycles. The van der Waals surface area contributed by atoms with Gasteiger partial charge in [-0.3, -0.25) is 9.89 Å². The van der Waals surface area contributed by atoms with Crippen molar-refractivity contribution < 1.29 is 9.90 Å². The van der Waals surface area contributed by atoms with Crippen molar-refractivity contribution in [3.05, 3.63) is 172 Å². The van der Waals surface area contributed by atoms with Gasteiger partial charge in [-0.1, -0.05) is 60.7 Å². The maximum absolute atomic E-state index is 13.1. The van der Waals surface area contributed by atoms with Gasteiger partial charge in [-0.15, -0.1) is 5.73 Å². The normalized spacial score (nSPS) is 12.1. The molecule has 1 aromatic heterocycles. The minimum absolute atomic E-state index is 0.0447. The third-order valence-corrected chi connectivity index (χ3v) is 8.30. The number of aromatic carboxylic acids is 1. The van der Waals surface area contributed by atoms with E-state index in [1.54, 1.807) is 30.3 Å². The Bertz CT molecular complexity index is 2110. The standard InChI is InChI=1S/C40H32N4O3/c45-39-36(38(40(46)47)41-44(39)35-18-8-3-9-19-35)20-10-12-29-21-26-37-30(28-29)13-11-27-42(37)31-22-24-34(25-23-31)43(32-14-4-1-5-15-32)33-16-6-2-7-17-33/h1-9,12,14-26,28,41H,11,13,27H2,(H,46,47). The fraction of sp³-hybridized carbons (Fsp3) is 0.0750. The van der Waals surface area contributed by atoms with Crippen LogP contribution in [0.3, 0.4) is 0 Å². The third kappa shape index (κ3) is 6.03. The van der Waals surface area contributed by atoms with Crippen molar-refractivity contribution in [3.63, 3.8) is 0 Å². The van der Waals surface area contributed by atoms with Gasteiger partial charge in [0, 0.05) is 35.0 Å². The lowest BCUT2D eigenvalue weighted by molar-refractivity contribution is 0.0689. The molecule has 0 saturated carbocycles. The number of rotatable bonds is 8. The molecule has 0 saturated heterocycles. The van der Waals surface area contributed by atoms with Crippen molar-refractivity contribution in [2.45, 2.75) is 12.8 Å². The second kappa shape index (κ2) is 13.0. The van der Waals surface area contributed by atoms with E-state index in [0.717, 1.165) is 53.4 Å². The lowest BCUT2D eigenvalue weighted by Gasteiger charge is -2.32. The number of aromatic nitrogens is 2. The van der Waals surface area contributed by atoms with Gasteiger partial charge in [0.1, 0.15) is 0 Å². The molecule has 0 aliphatic carbocycles. The largest absolute Gasteiger partial charge is 0.477 e. The van der Waals surface area contributed by atoms with Gasteiger partial charge in [0.25, 0.3) is 5.56 Å². The third-order valence-electron chi connectivity index (χ3n) is 8.30. The number of carboxylic acids is 1. The van der Waals surface area contributed by atoms with Gasteiger partial charge >= 0.3 is 5.97 Å². The highest BCUT2D eigenvalue weighted by Gasteiger charge is 2.20. The first-order chi connectivity index (χ1) is 23.1. The second-order valence-corrected chi connectivity index (χ2v) is 11.3. The van der Waals surface area contributed by atoms with Crippen LogP contribution in [0.5, 0.6) is 0 Å². The van der Waals surface area contributed by atoms with Crippen LogP contribution in [0.25, 0.3) is 17.8 Å². The molecule has 0 radical (unpaired) electrons. The van der Waals surface area contributed by atoms with E-state index in [0.29, 0.717) is 5.69 Å². The van der Waals surface area contributed by atoms with E-state index in [9.17, 15) is 14.7 Å². The van der Waals surface area contributed by atoms with Crippen LogP contribution in [0, 0.1) is 0 Å². The van der Waals surface area contributed by atoms with Crippen molar-refractivity contribution >= 4 is 46.6 Å². The number of aromatic amines is 1. The van der Waals surface area contributed by atoms with Crippen LogP contribution in [-0.4, -0.2) is 27.4 Å². The highest BCUT2D eigenvalue weighted by molar-refractivity contribution is 5.90. The number of nitrogens with zero attached hydrogens (tertiary/aromatic N) is 3. The summed E-state index contributed by atoms with van der Waals surface area (Å²) < 4.78 is 1.23. The molecule has 47 heavy (non-hydrogen) atoms. The number of carbonyl (C=O) groups is 1. The molecule has 0 atom stereocenters. The number of anilines is 5. The maximum atomic E-state index is 13.1. The highest BCUT2D eigenvalue weighted by atomic mass is 16.4. The molecular weight excluding hydrogens is 584 g/mol. The fourth-order valence-electron chi connectivity index (χ4n) is 6.09. The van der Waals surface area contributed by atoms with E-state index in [1.807, 2.05) is 24.3 Å². The molecule has 230 valence electrons. The van der Waals surface area contributed by atoms with Crippen molar-refractivity contribution in [1.82, 2.24) is 9.78 Å². The summed E-state index contributed by atoms with van der Waals surface area (Å²) in [5, 5.41) is 12.4. The van der Waals surface area contributed by atoms with Gasteiger partial charge in [0.05, 0.1) is 11.3 Å². The molecular formula is C40H32N4O3. The zero-order valence-corrected chi connectivity index (χ0v) is 25.6. The summed E-state index contributed by atoms with van der Waals surface area (Å²) in [7, 11) is 0. The molecule has 1 aliphatic rings. The summed E-state index contributed by atoms with van der Waals surface area (Å²) in [6.45, 7) is 0.918. The topological polar surface area (TPSA) is 81.6 Å². The highest BCUT2D eigenvalue weighted by Crippen LogP contribution is 2.38. The Hall–Kier alpha value is -6.30. The molecule has 6 aromatic rings. The molecule has 7 nitrogen and oxygen atoms in total. The average molecular weight is 617 g/mol. The number of para-hydroxylation sites is 3. The van der Waals surface area contributed by atoms with Crippen molar-refractivity contribution in [1.29, 1.82) is 0 Å². The Labute approximate surface area is 272 Å². The minimum Gasteiger partial charge on any atom is -0.477 e. The average Bonchev–Trinajstić information content (AvgIpc) is 3.45. The zero-order valence-electron chi connectivity index (χ0n) is 25.6. The lowest BCUT2D eigenvalue weighted by Crippen LogP contribution is -2.24. The van der Waals surface area contributed by atoms with Crippen molar-refractivity contribution in [2.24, 2.45) is 0 Å². The fourth-order valence-corrected chi connectivity index (χ4v) is 6.09. The monoisotopic (exact) mass is 616 g/mol. The van der Waals surface area contributed by atoms with Crippen molar-refractivity contribution in [3.8, 4) is 5.69 Å². The van der Waals surface area contributed by atoms with Gasteiger partial charge in [0.2, 0.25) is 0 Å². The van der Waals surface area contributed by atoms with Crippen LogP contribution in [0.15, 0.2) is 144 Å². The summed E-state index contributed by atoms with van der Waals surface area (Å²) in [4.78, 5) is 29.6. The van der Waals surface area contributed by atoms with Crippen LogP contribution >= 0.6 is 0 Å². The Kier molecular flexibility index (Phi) is 8.12. The smallest absolute Gasteiger partial charge is 0.354 e. The quantitative estimate of drug-likeness (QED) is 0.167. The summed E-state index contributed by atoms with van der Waals surface area (Å²) >= 11 is 0. The number of benzene rings is 5. The maximum Gasteiger partial charge on any atom is 0.354 e. The molecule has 0 unspecified atom stereocenters. The molecule has 0 spiro atoms. The summed E-state index contributed by atoms with van der Waals surface area (Å²) in [5.74, 6) is -1.21. The van der Waals surface area contributed by atoms with Gasteiger partial charge in [-0.25, -0.2) is 9.48 Å². The van der Waals surface area contributed by atoms with E-state index in [1.165, 1.54) is 16.3 Å². The summed E-state index contributed by atoms with van der Waals surface area (Å²) in [5.41, 5.74) is 10.7. The van der Waals surface area contributed by atoms with Crippen LogP contribution in [0.1, 0.15) is 33.6 Å². The molecule has 7 rings (SSSR count). The van der Waals surface area contributed by atoms with E-state index in [2.05, 4.69) is 106 Å². The minimum atomic E-state index is -1.21. The number of fused-ring (bicyclic) bond motifs is 1. The van der Waals surface area contributed by atoms with Crippen LogP contribution < -0.4 is 15.4 Å². The molecule has 5 aromatic carbocycles. The Balaban J connectivity index is 1.15. The SMILES string of the molecule is O=C(O)c1[nH]n(-c2ccccc2)c(=O)c1C=C=Cc1ccc2c(c1)CCCN2c1ccc(N(c2ccccc2)c2ccccc2)cc1. The Morgan fingerprint density at radius 2 is 1.36 bits per heavy atom. The van der Waals surface area contributed by atoms with Crippen LogP contribution in [0.4, 0.5) is 28.4 Å². The van der Waals surface area contributed by atoms with Crippen molar-refractivity contribution in [2.75, 3.05) is 16.3 Å². The van der Waals surface area contributed by atoms with E-state index in [4.69, 9.17) is 0 Å². The predicted molar refractivity (Wildman–Crippen MR) is 189 cm³/mol. The molecule has 0 bridgehead atoms. The van der Waals surface area contributed by atoms with Crippen LogP contribution in [-0.2, 0) is 6.42 Å². The number of hydrogen-bond donors (Lipinski definition) is 2. The summed E-state index contributed by atoms with van der Waals surface area (Å²) in [6.07, 6.45) is 5.18. The number of carboxylic acid groups (broad SMARTS) is 1. The van der Waals surface area contributed by atoms with E-state index >= 15 is 0 Å². The number of aryl methyl sites for hydroxylation is 1. The second-order valence-electron chi connectivity index (χ2n) is 11.3. The zero-order chi connectivity index (χ0) is 32.2. The van der Waals surface area contributed by atoms with Crippen LogP contribution in [0.2, 0.25) is 0 Å². The van der Waals surface area contributed by atoms with Gasteiger partial charge in [-0.2, -0.15) is 0 Å². The molecule has 2 N–H and O–H groups in total. The number of hydrogen-bond acceptors (Lipinski definition) is 4.